The van der Waals surface area contributed by atoms with Crippen LogP contribution < -0.4 is 10.5 Å². The minimum atomic E-state index is -0.476. The lowest BCUT2D eigenvalue weighted by atomic mass is 10.0. The van der Waals surface area contributed by atoms with Crippen LogP contribution in [0.1, 0.15) is 24.9 Å². The molecule has 0 unspecified atom stereocenters. The van der Waals surface area contributed by atoms with Crippen molar-refractivity contribution in [2.75, 3.05) is 7.11 Å². The number of halogens is 1. The van der Waals surface area contributed by atoms with E-state index in [0.717, 1.165) is 5.57 Å². The lowest BCUT2D eigenvalue weighted by Gasteiger charge is -2.12. The van der Waals surface area contributed by atoms with Crippen molar-refractivity contribution in [2.45, 2.75) is 19.4 Å². The van der Waals surface area contributed by atoms with E-state index in [9.17, 15) is 10.1 Å². The SMILES string of the molecule is C=C(C)C[C@@H](N)c1ccc(OC)c([N+](=O)[O-])c1.Cl. The summed E-state index contributed by atoms with van der Waals surface area (Å²) in [4.78, 5) is 10.4. The van der Waals surface area contributed by atoms with E-state index >= 15 is 0 Å². The summed E-state index contributed by atoms with van der Waals surface area (Å²) >= 11 is 0. The van der Waals surface area contributed by atoms with Crippen LogP contribution in [0.15, 0.2) is 30.4 Å². The lowest BCUT2D eigenvalue weighted by Crippen LogP contribution is -2.11. The molecule has 1 aromatic rings. The number of benzene rings is 1. The van der Waals surface area contributed by atoms with Crippen LogP contribution in [0.25, 0.3) is 0 Å². The van der Waals surface area contributed by atoms with Crippen LogP contribution in [0.3, 0.4) is 0 Å². The first-order valence-electron chi connectivity index (χ1n) is 5.18. The molecule has 5 nitrogen and oxygen atoms in total. The Morgan fingerprint density at radius 3 is 2.67 bits per heavy atom. The molecule has 0 heterocycles. The highest BCUT2D eigenvalue weighted by molar-refractivity contribution is 5.85. The lowest BCUT2D eigenvalue weighted by molar-refractivity contribution is -0.385. The molecular weight excluding hydrogens is 256 g/mol. The summed E-state index contributed by atoms with van der Waals surface area (Å²) in [6.07, 6.45) is 0.601. The van der Waals surface area contributed by atoms with Crippen LogP contribution in [0.5, 0.6) is 5.75 Å². The van der Waals surface area contributed by atoms with Crippen molar-refractivity contribution < 1.29 is 9.66 Å². The van der Waals surface area contributed by atoms with Crippen molar-refractivity contribution in [3.05, 3.63) is 46.0 Å². The van der Waals surface area contributed by atoms with Crippen molar-refractivity contribution in [1.82, 2.24) is 0 Å². The number of hydrogen-bond donors (Lipinski definition) is 1. The molecule has 0 aliphatic carbocycles. The summed E-state index contributed by atoms with van der Waals surface area (Å²) in [5, 5.41) is 10.8. The number of methoxy groups -OCH3 is 1. The van der Waals surface area contributed by atoms with Gasteiger partial charge in [-0.2, -0.15) is 0 Å². The average Bonchev–Trinajstić information content (AvgIpc) is 2.27. The van der Waals surface area contributed by atoms with Gasteiger partial charge in [0, 0.05) is 12.1 Å². The Morgan fingerprint density at radius 2 is 2.22 bits per heavy atom. The zero-order chi connectivity index (χ0) is 13.0. The van der Waals surface area contributed by atoms with E-state index in [1.165, 1.54) is 13.2 Å². The van der Waals surface area contributed by atoms with Gasteiger partial charge in [0.05, 0.1) is 12.0 Å². The Morgan fingerprint density at radius 1 is 1.61 bits per heavy atom. The molecule has 0 bridgehead atoms. The van der Waals surface area contributed by atoms with Crippen molar-refractivity contribution in [3.8, 4) is 5.75 Å². The highest BCUT2D eigenvalue weighted by Gasteiger charge is 2.17. The van der Waals surface area contributed by atoms with E-state index in [2.05, 4.69) is 6.58 Å². The summed E-state index contributed by atoms with van der Waals surface area (Å²) in [6.45, 7) is 5.65. The van der Waals surface area contributed by atoms with Crippen LogP contribution in [-0.4, -0.2) is 12.0 Å². The summed E-state index contributed by atoms with van der Waals surface area (Å²) in [5.41, 5.74) is 7.51. The van der Waals surface area contributed by atoms with Gasteiger partial charge in [-0.25, -0.2) is 0 Å². The number of rotatable bonds is 5. The maximum absolute atomic E-state index is 10.8. The number of nitrogens with two attached hydrogens (primary N) is 1. The van der Waals surface area contributed by atoms with Gasteiger partial charge in [-0.1, -0.05) is 11.6 Å². The van der Waals surface area contributed by atoms with Gasteiger partial charge in [0.15, 0.2) is 5.75 Å². The first-order chi connectivity index (χ1) is 7.95. The molecule has 0 fully saturated rings. The first-order valence-corrected chi connectivity index (χ1v) is 5.18. The third kappa shape index (κ3) is 4.01. The quantitative estimate of drug-likeness (QED) is 0.508. The number of hydrogen-bond acceptors (Lipinski definition) is 4. The smallest absolute Gasteiger partial charge is 0.311 e. The fourth-order valence-corrected chi connectivity index (χ4v) is 1.57. The highest BCUT2D eigenvalue weighted by Crippen LogP contribution is 2.30. The van der Waals surface area contributed by atoms with Crippen molar-refractivity contribution in [2.24, 2.45) is 5.73 Å². The van der Waals surface area contributed by atoms with Gasteiger partial charge in [0.25, 0.3) is 0 Å². The molecule has 0 saturated heterocycles. The maximum atomic E-state index is 10.8. The molecule has 0 saturated carbocycles. The molecule has 6 heteroatoms. The third-order valence-corrected chi connectivity index (χ3v) is 2.40. The van der Waals surface area contributed by atoms with Gasteiger partial charge < -0.3 is 10.5 Å². The van der Waals surface area contributed by atoms with Gasteiger partial charge in [-0.15, -0.1) is 19.0 Å². The van der Waals surface area contributed by atoms with Crippen molar-refractivity contribution in [1.29, 1.82) is 0 Å². The van der Waals surface area contributed by atoms with Gasteiger partial charge >= 0.3 is 5.69 Å². The Bertz CT molecular complexity index is 449. The van der Waals surface area contributed by atoms with Gasteiger partial charge in [-0.05, 0) is 25.0 Å². The van der Waals surface area contributed by atoms with Crippen LogP contribution in [0.4, 0.5) is 5.69 Å². The van der Waals surface area contributed by atoms with Gasteiger partial charge in [-0.3, -0.25) is 10.1 Å². The third-order valence-electron chi connectivity index (χ3n) is 2.40. The molecule has 18 heavy (non-hydrogen) atoms. The molecule has 1 atom stereocenters. The normalized spacial score (nSPS) is 11.3. The molecule has 0 aliphatic heterocycles. The molecule has 0 radical (unpaired) electrons. The Hall–Kier alpha value is -1.59. The van der Waals surface area contributed by atoms with Gasteiger partial charge in [0.2, 0.25) is 0 Å². The van der Waals surface area contributed by atoms with E-state index in [1.807, 2.05) is 6.92 Å². The highest BCUT2D eigenvalue weighted by atomic mass is 35.5. The number of ether oxygens (including phenoxy) is 1. The van der Waals surface area contributed by atoms with E-state index in [-0.39, 0.29) is 29.9 Å². The number of nitrogens with zero attached hydrogens (tertiary/aromatic N) is 1. The maximum Gasteiger partial charge on any atom is 0.311 e. The monoisotopic (exact) mass is 272 g/mol. The van der Waals surface area contributed by atoms with Crippen LogP contribution in [-0.2, 0) is 0 Å². The van der Waals surface area contributed by atoms with E-state index in [1.54, 1.807) is 12.1 Å². The van der Waals surface area contributed by atoms with Crippen LogP contribution >= 0.6 is 12.4 Å². The van der Waals surface area contributed by atoms with Gasteiger partial charge in [0.1, 0.15) is 0 Å². The first kappa shape index (κ1) is 16.4. The predicted molar refractivity (Wildman–Crippen MR) is 73.3 cm³/mol. The van der Waals surface area contributed by atoms with E-state index in [4.69, 9.17) is 10.5 Å². The fraction of sp³-hybridized carbons (Fsp3) is 0.333. The van der Waals surface area contributed by atoms with E-state index in [0.29, 0.717) is 12.0 Å². The summed E-state index contributed by atoms with van der Waals surface area (Å²) in [5.74, 6) is 0.237. The average molecular weight is 273 g/mol. The Balaban J connectivity index is 0.00000289. The van der Waals surface area contributed by atoms with Crippen molar-refractivity contribution in [3.63, 3.8) is 0 Å². The summed E-state index contributed by atoms with van der Waals surface area (Å²) < 4.78 is 4.92. The molecule has 0 aromatic heterocycles. The molecule has 0 aliphatic rings. The number of nitro groups is 1. The second kappa shape index (κ2) is 6.98. The summed E-state index contributed by atoms with van der Waals surface area (Å²) in [7, 11) is 1.40. The largest absolute Gasteiger partial charge is 0.490 e. The van der Waals surface area contributed by atoms with Crippen molar-refractivity contribution >= 4 is 18.1 Å². The topological polar surface area (TPSA) is 78.4 Å². The molecule has 0 amide bonds. The Kier molecular flexibility index (Phi) is 6.36. The van der Waals surface area contributed by atoms with Crippen LogP contribution in [0, 0.1) is 10.1 Å². The zero-order valence-corrected chi connectivity index (χ0v) is 11.2. The number of nitro benzene ring substituents is 1. The molecule has 0 spiro atoms. The molecule has 1 rings (SSSR count). The second-order valence-corrected chi connectivity index (χ2v) is 3.96. The molecule has 100 valence electrons. The predicted octanol–water partition coefficient (Wildman–Crippen LogP) is 2.99. The Labute approximate surface area is 112 Å². The fourth-order valence-electron chi connectivity index (χ4n) is 1.57. The minimum Gasteiger partial charge on any atom is -0.490 e. The summed E-state index contributed by atoms with van der Waals surface area (Å²) in [6, 6.07) is 4.47. The second-order valence-electron chi connectivity index (χ2n) is 3.96. The molecule has 2 N–H and O–H groups in total. The minimum absolute atomic E-state index is 0. The van der Waals surface area contributed by atoms with Crippen LogP contribution in [0.2, 0.25) is 0 Å². The zero-order valence-electron chi connectivity index (χ0n) is 10.4. The molecular formula is C12H17ClN2O3. The standard InChI is InChI=1S/C12H16N2O3.ClH/c1-8(2)6-10(13)9-4-5-12(17-3)11(7-9)14(15)16;/h4-5,7,10H,1,6,13H2,2-3H3;1H/t10-;/m1./s1. The molecule has 1 aromatic carbocycles. The van der Waals surface area contributed by atoms with E-state index < -0.39 is 4.92 Å².